The summed E-state index contributed by atoms with van der Waals surface area (Å²) < 4.78 is 5.24. The van der Waals surface area contributed by atoms with Crippen LogP contribution in [0.1, 0.15) is 24.6 Å². The van der Waals surface area contributed by atoms with Crippen LogP contribution in [0.5, 0.6) is 0 Å². The minimum atomic E-state index is 0.515. The first-order valence-electron chi connectivity index (χ1n) is 5.71. The predicted octanol–water partition coefficient (Wildman–Crippen LogP) is 2.08. The van der Waals surface area contributed by atoms with Crippen LogP contribution < -0.4 is 4.90 Å². The highest BCUT2D eigenvalue weighted by Crippen LogP contribution is 2.38. The Hall–Kier alpha value is -1.91. The summed E-state index contributed by atoms with van der Waals surface area (Å²) in [6.07, 6.45) is 4.12. The van der Waals surface area contributed by atoms with Crippen LogP contribution in [0, 0.1) is 0 Å². The molecule has 0 aliphatic heterocycles. The molecule has 17 heavy (non-hydrogen) atoms. The van der Waals surface area contributed by atoms with Gasteiger partial charge in [0.05, 0.1) is 5.56 Å². The third kappa shape index (κ3) is 2.00. The van der Waals surface area contributed by atoms with E-state index in [4.69, 9.17) is 4.52 Å². The van der Waals surface area contributed by atoms with Gasteiger partial charge in [0.1, 0.15) is 5.82 Å². The molecule has 1 fully saturated rings. The Labute approximate surface area is 99.5 Å². The van der Waals surface area contributed by atoms with Gasteiger partial charge in [-0.25, -0.2) is 4.98 Å². The van der Waals surface area contributed by atoms with Crippen molar-refractivity contribution in [2.45, 2.75) is 18.8 Å². The van der Waals surface area contributed by atoms with E-state index >= 15 is 0 Å². The van der Waals surface area contributed by atoms with E-state index < -0.39 is 0 Å². The Balaban J connectivity index is 1.86. The van der Waals surface area contributed by atoms with E-state index in [1.165, 1.54) is 12.8 Å². The van der Waals surface area contributed by atoms with E-state index in [0.717, 1.165) is 17.2 Å². The van der Waals surface area contributed by atoms with Crippen LogP contribution in [0.4, 0.5) is 5.82 Å². The molecular weight excluding hydrogens is 216 g/mol. The summed E-state index contributed by atoms with van der Waals surface area (Å²) in [7, 11) is 3.92. The fraction of sp³-hybridized carbons (Fsp3) is 0.417. The number of nitrogens with zero attached hydrogens (tertiary/aromatic N) is 4. The van der Waals surface area contributed by atoms with E-state index in [1.807, 2.05) is 31.1 Å². The van der Waals surface area contributed by atoms with Crippen LogP contribution in [-0.4, -0.2) is 29.2 Å². The maximum atomic E-state index is 5.24. The van der Waals surface area contributed by atoms with Crippen molar-refractivity contribution in [1.82, 2.24) is 15.1 Å². The van der Waals surface area contributed by atoms with Gasteiger partial charge in [0.25, 0.3) is 5.89 Å². The van der Waals surface area contributed by atoms with Crippen LogP contribution >= 0.6 is 0 Å². The molecule has 0 radical (unpaired) electrons. The molecule has 1 aliphatic rings. The zero-order chi connectivity index (χ0) is 11.8. The monoisotopic (exact) mass is 230 g/mol. The molecule has 5 heteroatoms. The molecule has 0 saturated heterocycles. The summed E-state index contributed by atoms with van der Waals surface area (Å²) in [6, 6.07) is 3.89. The summed E-state index contributed by atoms with van der Waals surface area (Å²) in [4.78, 5) is 10.7. The smallest absolute Gasteiger partial charge is 0.259 e. The van der Waals surface area contributed by atoms with Crippen molar-refractivity contribution in [3.05, 3.63) is 24.2 Å². The van der Waals surface area contributed by atoms with Gasteiger partial charge in [-0.1, -0.05) is 5.16 Å². The number of hydrogen-bond acceptors (Lipinski definition) is 5. The van der Waals surface area contributed by atoms with Gasteiger partial charge in [-0.2, -0.15) is 4.98 Å². The van der Waals surface area contributed by atoms with Crippen molar-refractivity contribution < 1.29 is 4.52 Å². The lowest BCUT2D eigenvalue weighted by atomic mass is 10.3. The maximum absolute atomic E-state index is 5.24. The summed E-state index contributed by atoms with van der Waals surface area (Å²) in [5.41, 5.74) is 0.870. The first-order valence-corrected chi connectivity index (χ1v) is 5.71. The number of aromatic nitrogens is 3. The lowest BCUT2D eigenvalue weighted by Crippen LogP contribution is -2.09. The van der Waals surface area contributed by atoms with Gasteiger partial charge in [0.2, 0.25) is 0 Å². The van der Waals surface area contributed by atoms with Crippen LogP contribution in [0.25, 0.3) is 11.5 Å². The molecular formula is C12H14N4O. The van der Waals surface area contributed by atoms with E-state index in [2.05, 4.69) is 15.1 Å². The lowest BCUT2D eigenvalue weighted by molar-refractivity contribution is 0.422. The quantitative estimate of drug-likeness (QED) is 0.808. The van der Waals surface area contributed by atoms with E-state index in [-0.39, 0.29) is 0 Å². The topological polar surface area (TPSA) is 55.1 Å². The number of pyridine rings is 1. The van der Waals surface area contributed by atoms with E-state index in [0.29, 0.717) is 11.8 Å². The second-order valence-electron chi connectivity index (χ2n) is 4.53. The zero-order valence-electron chi connectivity index (χ0n) is 9.92. The SMILES string of the molecule is CN(C)c1ccc(-c2nc(C3CC3)no2)cn1. The largest absolute Gasteiger partial charge is 0.363 e. The standard InChI is InChI=1S/C12H14N4O/c1-16(2)10-6-5-9(7-13-10)12-14-11(15-17-12)8-3-4-8/h5-8H,3-4H2,1-2H3. The molecule has 3 rings (SSSR count). The van der Waals surface area contributed by atoms with Crippen LogP contribution in [0.2, 0.25) is 0 Å². The second kappa shape index (κ2) is 3.84. The number of hydrogen-bond donors (Lipinski definition) is 0. The Bertz CT molecular complexity index is 514. The fourth-order valence-electron chi connectivity index (χ4n) is 1.64. The van der Waals surface area contributed by atoms with Crippen molar-refractivity contribution in [2.24, 2.45) is 0 Å². The Kier molecular flexibility index (Phi) is 2.31. The molecule has 0 amide bonds. The fourth-order valence-corrected chi connectivity index (χ4v) is 1.64. The molecule has 0 N–H and O–H groups in total. The molecule has 1 aliphatic carbocycles. The second-order valence-corrected chi connectivity index (χ2v) is 4.53. The van der Waals surface area contributed by atoms with Crippen LogP contribution in [0.15, 0.2) is 22.9 Å². The molecule has 0 spiro atoms. The Morgan fingerprint density at radius 3 is 2.71 bits per heavy atom. The van der Waals surface area contributed by atoms with Crippen LogP contribution in [0.3, 0.4) is 0 Å². The molecule has 2 aromatic heterocycles. The van der Waals surface area contributed by atoms with Crippen molar-refractivity contribution in [3.8, 4) is 11.5 Å². The van der Waals surface area contributed by atoms with Gasteiger partial charge in [-0.15, -0.1) is 0 Å². The number of anilines is 1. The summed E-state index contributed by atoms with van der Waals surface area (Å²) in [6.45, 7) is 0. The van der Waals surface area contributed by atoms with Gasteiger partial charge < -0.3 is 9.42 Å². The Morgan fingerprint density at radius 2 is 2.12 bits per heavy atom. The van der Waals surface area contributed by atoms with Gasteiger partial charge in [-0.05, 0) is 25.0 Å². The molecule has 1 saturated carbocycles. The summed E-state index contributed by atoms with van der Waals surface area (Å²) in [5.74, 6) is 2.82. The van der Waals surface area contributed by atoms with E-state index in [1.54, 1.807) is 6.20 Å². The third-order valence-electron chi connectivity index (χ3n) is 2.84. The molecule has 0 aromatic carbocycles. The zero-order valence-corrected chi connectivity index (χ0v) is 9.92. The third-order valence-corrected chi connectivity index (χ3v) is 2.84. The van der Waals surface area contributed by atoms with Crippen molar-refractivity contribution in [2.75, 3.05) is 19.0 Å². The molecule has 0 unspecified atom stereocenters. The van der Waals surface area contributed by atoms with E-state index in [9.17, 15) is 0 Å². The highest BCUT2D eigenvalue weighted by atomic mass is 16.5. The van der Waals surface area contributed by atoms with Crippen LogP contribution in [-0.2, 0) is 0 Å². The lowest BCUT2D eigenvalue weighted by Gasteiger charge is -2.10. The average molecular weight is 230 g/mol. The Morgan fingerprint density at radius 1 is 1.29 bits per heavy atom. The van der Waals surface area contributed by atoms with Crippen molar-refractivity contribution >= 4 is 5.82 Å². The molecule has 0 atom stereocenters. The predicted molar refractivity (Wildman–Crippen MR) is 63.8 cm³/mol. The minimum absolute atomic E-state index is 0.515. The molecule has 5 nitrogen and oxygen atoms in total. The first kappa shape index (κ1) is 10.3. The van der Waals surface area contributed by atoms with Gasteiger partial charge in [0.15, 0.2) is 5.82 Å². The number of rotatable bonds is 3. The maximum Gasteiger partial charge on any atom is 0.259 e. The van der Waals surface area contributed by atoms with Gasteiger partial charge >= 0.3 is 0 Å². The molecule has 88 valence electrons. The highest BCUT2D eigenvalue weighted by molar-refractivity contribution is 5.54. The van der Waals surface area contributed by atoms with Gasteiger partial charge in [0, 0.05) is 26.2 Å². The molecule has 0 bridgehead atoms. The summed E-state index contributed by atoms with van der Waals surface area (Å²) >= 11 is 0. The van der Waals surface area contributed by atoms with Crippen molar-refractivity contribution in [1.29, 1.82) is 0 Å². The first-order chi connectivity index (χ1) is 8.24. The average Bonchev–Trinajstić information content (AvgIpc) is 3.07. The van der Waals surface area contributed by atoms with Gasteiger partial charge in [-0.3, -0.25) is 0 Å². The highest BCUT2D eigenvalue weighted by Gasteiger charge is 2.28. The van der Waals surface area contributed by atoms with Crippen molar-refractivity contribution in [3.63, 3.8) is 0 Å². The minimum Gasteiger partial charge on any atom is -0.363 e. The molecule has 2 aromatic rings. The molecule has 2 heterocycles. The summed E-state index contributed by atoms with van der Waals surface area (Å²) in [5, 5.41) is 3.99. The normalized spacial score (nSPS) is 14.9.